The van der Waals surface area contributed by atoms with E-state index in [1.165, 1.54) is 6.92 Å². The summed E-state index contributed by atoms with van der Waals surface area (Å²) in [5, 5.41) is 7.91. The van der Waals surface area contributed by atoms with E-state index < -0.39 is 23.9 Å². The van der Waals surface area contributed by atoms with E-state index in [9.17, 15) is 14.0 Å². The van der Waals surface area contributed by atoms with Gasteiger partial charge in [-0.15, -0.1) is 11.3 Å². The molecule has 0 bridgehead atoms. The molecule has 3 aromatic rings. The molecule has 0 aliphatic rings. The van der Waals surface area contributed by atoms with Crippen LogP contribution in [0.1, 0.15) is 48.7 Å². The molecule has 3 rings (SSSR count). The number of furan rings is 1. The van der Waals surface area contributed by atoms with Crippen molar-refractivity contribution in [2.75, 3.05) is 5.32 Å². The number of fused-ring (bicyclic) bond motifs is 1. The second-order valence-electron chi connectivity index (χ2n) is 8.29. The third kappa shape index (κ3) is 5.98. The first-order valence-corrected chi connectivity index (χ1v) is 11.3. The van der Waals surface area contributed by atoms with E-state index in [1.54, 1.807) is 38.2 Å². The highest BCUT2D eigenvalue weighted by Gasteiger charge is 2.27. The van der Waals surface area contributed by atoms with Crippen molar-refractivity contribution in [3.05, 3.63) is 44.9 Å². The van der Waals surface area contributed by atoms with Gasteiger partial charge in [-0.2, -0.15) is 0 Å². The van der Waals surface area contributed by atoms with Gasteiger partial charge in [0.1, 0.15) is 28.2 Å². The van der Waals surface area contributed by atoms with Crippen molar-refractivity contribution in [1.82, 2.24) is 10.3 Å². The Balaban J connectivity index is 1.90. The summed E-state index contributed by atoms with van der Waals surface area (Å²) in [4.78, 5) is 29.3. The van der Waals surface area contributed by atoms with E-state index >= 15 is 0 Å². The number of ether oxygens (including phenoxy) is 1. The minimum Gasteiger partial charge on any atom is -0.456 e. The normalized spacial score (nSPS) is 13.6. The second-order valence-corrected chi connectivity index (χ2v) is 9.71. The Labute approximate surface area is 194 Å². The van der Waals surface area contributed by atoms with Gasteiger partial charge in [0, 0.05) is 23.9 Å². The summed E-state index contributed by atoms with van der Waals surface area (Å²) in [5.41, 5.74) is 0.612. The summed E-state index contributed by atoms with van der Waals surface area (Å²) in [7, 11) is 0. The molecule has 3 aromatic heterocycles. The summed E-state index contributed by atoms with van der Waals surface area (Å²) in [6.45, 7) is 6.98. The van der Waals surface area contributed by atoms with Crippen molar-refractivity contribution in [2.24, 2.45) is 0 Å². The molecule has 10 heteroatoms. The Hall–Kier alpha value is -2.65. The number of rotatable bonds is 8. The summed E-state index contributed by atoms with van der Waals surface area (Å²) in [5.74, 6) is 0.203. The Kier molecular flexibility index (Phi) is 7.40. The number of carbonyl (C=O) groups is 2. The molecule has 0 radical (unpaired) electrons. The molecular formula is C22H25ClFN3O4S. The summed E-state index contributed by atoms with van der Waals surface area (Å²) < 4.78 is 25.5. The van der Waals surface area contributed by atoms with E-state index in [0.29, 0.717) is 24.1 Å². The first-order chi connectivity index (χ1) is 15.1. The van der Waals surface area contributed by atoms with Crippen LogP contribution in [0.15, 0.2) is 28.0 Å². The third-order valence-electron chi connectivity index (χ3n) is 4.54. The zero-order chi connectivity index (χ0) is 23.5. The molecule has 172 valence electrons. The number of alkyl halides is 1. The van der Waals surface area contributed by atoms with Gasteiger partial charge in [-0.05, 0) is 39.1 Å². The van der Waals surface area contributed by atoms with E-state index in [2.05, 4.69) is 15.6 Å². The maximum atomic E-state index is 14.3. The maximum Gasteiger partial charge on any atom is 0.407 e. The van der Waals surface area contributed by atoms with Crippen molar-refractivity contribution >= 4 is 52.1 Å². The van der Waals surface area contributed by atoms with Crippen LogP contribution in [0.25, 0.3) is 11.1 Å². The molecule has 0 fully saturated rings. The molecule has 1 amide bonds. The Morgan fingerprint density at radius 3 is 2.78 bits per heavy atom. The predicted octanol–water partition coefficient (Wildman–Crippen LogP) is 5.76. The second kappa shape index (κ2) is 9.87. The number of thiophene rings is 1. The quantitative estimate of drug-likeness (QED) is 0.314. The van der Waals surface area contributed by atoms with Crippen LogP contribution in [-0.2, 0) is 17.7 Å². The highest BCUT2D eigenvalue weighted by atomic mass is 35.5. The van der Waals surface area contributed by atoms with Crippen LogP contribution in [0.2, 0.25) is 5.15 Å². The minimum atomic E-state index is -1.43. The van der Waals surface area contributed by atoms with Gasteiger partial charge < -0.3 is 19.8 Å². The Morgan fingerprint density at radius 1 is 1.44 bits per heavy atom. The Bertz CT molecular complexity index is 1090. The van der Waals surface area contributed by atoms with Crippen LogP contribution < -0.4 is 10.6 Å². The Morgan fingerprint density at radius 2 is 2.19 bits per heavy atom. The van der Waals surface area contributed by atoms with Crippen molar-refractivity contribution in [3.63, 3.8) is 0 Å². The average Bonchev–Trinajstić information content (AvgIpc) is 3.31. The molecular weight excluding hydrogens is 457 g/mol. The summed E-state index contributed by atoms with van der Waals surface area (Å²) in [6, 6.07) is 4.56. The highest BCUT2D eigenvalue weighted by Crippen LogP contribution is 2.33. The molecule has 0 aliphatic carbocycles. The molecule has 32 heavy (non-hydrogen) atoms. The number of alkyl carbamates (subject to hydrolysis) is 1. The smallest absolute Gasteiger partial charge is 0.407 e. The fraction of sp³-hybridized carbons (Fsp3) is 0.409. The minimum absolute atomic E-state index is 0.0661. The molecule has 3 heterocycles. The zero-order valence-corrected chi connectivity index (χ0v) is 19.8. The van der Waals surface area contributed by atoms with E-state index in [4.69, 9.17) is 20.8 Å². The number of carbonyl (C=O) groups excluding carboxylic acids is 2. The van der Waals surface area contributed by atoms with Crippen molar-refractivity contribution in [2.45, 2.75) is 58.5 Å². The number of anilines is 1. The summed E-state index contributed by atoms with van der Waals surface area (Å²) >= 11 is 7.76. The van der Waals surface area contributed by atoms with Crippen LogP contribution in [-0.4, -0.2) is 35.2 Å². The van der Waals surface area contributed by atoms with Gasteiger partial charge in [0.25, 0.3) is 0 Å². The van der Waals surface area contributed by atoms with Gasteiger partial charge in [0.05, 0.1) is 17.3 Å². The van der Waals surface area contributed by atoms with E-state index in [0.717, 1.165) is 4.88 Å². The van der Waals surface area contributed by atoms with Gasteiger partial charge in [0.15, 0.2) is 11.9 Å². The monoisotopic (exact) mass is 481 g/mol. The standard InChI is InChI=1S/C22H25ClFN3O4S/c1-12(24)15(26-21(29)31-22(2,3)4)8-17-14(11-28)19-20(30-17)16(9-18(23)27-19)25-10-13-6-5-7-32-13/h5-7,9,11-12,15H,8,10H2,1-4H3,(H,25,27)(H,26,29). The lowest BCUT2D eigenvalue weighted by Crippen LogP contribution is -2.44. The largest absolute Gasteiger partial charge is 0.456 e. The summed E-state index contributed by atoms with van der Waals surface area (Å²) in [6.07, 6.45) is -1.65. The molecule has 0 spiro atoms. The van der Waals surface area contributed by atoms with E-state index in [-0.39, 0.29) is 28.4 Å². The van der Waals surface area contributed by atoms with E-state index in [1.807, 2.05) is 17.5 Å². The van der Waals surface area contributed by atoms with Crippen LogP contribution in [0.3, 0.4) is 0 Å². The topological polar surface area (TPSA) is 93.5 Å². The molecule has 2 atom stereocenters. The number of aldehydes is 1. The fourth-order valence-corrected chi connectivity index (χ4v) is 3.92. The number of amides is 1. The lowest BCUT2D eigenvalue weighted by Gasteiger charge is -2.24. The van der Waals surface area contributed by atoms with Gasteiger partial charge in [-0.3, -0.25) is 4.79 Å². The predicted molar refractivity (Wildman–Crippen MR) is 123 cm³/mol. The lowest BCUT2D eigenvalue weighted by atomic mass is 10.1. The molecule has 0 aromatic carbocycles. The van der Waals surface area contributed by atoms with Crippen molar-refractivity contribution < 1.29 is 23.1 Å². The van der Waals surface area contributed by atoms with Crippen molar-refractivity contribution in [1.29, 1.82) is 0 Å². The molecule has 0 aliphatic heterocycles. The highest BCUT2D eigenvalue weighted by molar-refractivity contribution is 7.09. The lowest BCUT2D eigenvalue weighted by molar-refractivity contribution is 0.0476. The molecule has 7 nitrogen and oxygen atoms in total. The molecule has 0 saturated heterocycles. The number of pyridine rings is 1. The van der Waals surface area contributed by atoms with Crippen LogP contribution in [0, 0.1) is 0 Å². The number of hydrogen-bond acceptors (Lipinski definition) is 7. The van der Waals surface area contributed by atoms with Crippen LogP contribution in [0.5, 0.6) is 0 Å². The molecule has 2 unspecified atom stereocenters. The number of nitrogens with one attached hydrogen (secondary N) is 2. The van der Waals surface area contributed by atoms with Gasteiger partial charge in [-0.1, -0.05) is 17.7 Å². The zero-order valence-electron chi connectivity index (χ0n) is 18.2. The first kappa shape index (κ1) is 24.0. The maximum absolute atomic E-state index is 14.3. The molecule has 0 saturated carbocycles. The SMILES string of the molecule is CC(F)C(Cc1oc2c(NCc3cccs3)cc(Cl)nc2c1C=O)NC(=O)OC(C)(C)C. The fourth-order valence-electron chi connectivity index (χ4n) is 3.09. The van der Waals surface area contributed by atoms with Crippen LogP contribution >= 0.6 is 22.9 Å². The van der Waals surface area contributed by atoms with Crippen LogP contribution in [0.4, 0.5) is 14.9 Å². The number of aromatic nitrogens is 1. The van der Waals surface area contributed by atoms with Gasteiger partial charge in [0.2, 0.25) is 0 Å². The number of hydrogen-bond donors (Lipinski definition) is 2. The number of halogens is 2. The molecule has 2 N–H and O–H groups in total. The third-order valence-corrected chi connectivity index (χ3v) is 5.61. The van der Waals surface area contributed by atoms with Gasteiger partial charge in [-0.25, -0.2) is 14.2 Å². The average molecular weight is 482 g/mol. The van der Waals surface area contributed by atoms with Gasteiger partial charge >= 0.3 is 6.09 Å². The van der Waals surface area contributed by atoms with Crippen molar-refractivity contribution in [3.8, 4) is 0 Å². The number of nitrogens with zero attached hydrogens (tertiary/aromatic N) is 1. The first-order valence-electron chi connectivity index (χ1n) is 10.0.